The maximum absolute atomic E-state index is 11.7. The first-order chi connectivity index (χ1) is 10.7. The molecule has 0 bridgehead atoms. The molecule has 23 heavy (non-hydrogen) atoms. The second-order valence-corrected chi connectivity index (χ2v) is 7.89. The number of nitrogens with one attached hydrogen (secondary N) is 2. The molecular formula is C17H30N4OS. The molecule has 0 saturated heterocycles. The van der Waals surface area contributed by atoms with Crippen LogP contribution in [-0.4, -0.2) is 50.5 Å². The van der Waals surface area contributed by atoms with Crippen molar-refractivity contribution < 1.29 is 4.79 Å². The molecule has 1 heterocycles. The van der Waals surface area contributed by atoms with E-state index in [9.17, 15) is 4.79 Å². The van der Waals surface area contributed by atoms with Crippen LogP contribution in [0.3, 0.4) is 0 Å². The maximum atomic E-state index is 11.7. The Bertz CT molecular complexity index is 507. The fourth-order valence-corrected chi connectivity index (χ4v) is 2.67. The van der Waals surface area contributed by atoms with Gasteiger partial charge in [-0.3, -0.25) is 4.79 Å². The third kappa shape index (κ3) is 7.03. The van der Waals surface area contributed by atoms with Crippen molar-refractivity contribution in [3.63, 3.8) is 0 Å². The Morgan fingerprint density at radius 1 is 1.35 bits per heavy atom. The summed E-state index contributed by atoms with van der Waals surface area (Å²) in [4.78, 5) is 19.0. The van der Waals surface area contributed by atoms with E-state index in [0.717, 1.165) is 13.1 Å². The number of carbonyl (C=O) groups is 1. The highest BCUT2D eigenvalue weighted by Gasteiger charge is 2.22. The van der Waals surface area contributed by atoms with E-state index in [0.29, 0.717) is 11.9 Å². The minimum atomic E-state index is -0.00633. The molecule has 0 aromatic carbocycles. The lowest BCUT2D eigenvalue weighted by atomic mass is 9.91. The van der Waals surface area contributed by atoms with Crippen LogP contribution in [0, 0.1) is 5.92 Å². The Balaban J connectivity index is 2.68. The first-order valence-corrected chi connectivity index (χ1v) is 8.86. The highest BCUT2D eigenvalue weighted by atomic mass is 32.1. The minimum absolute atomic E-state index is 0.00633. The molecular weight excluding hydrogens is 308 g/mol. The smallest absolute Gasteiger partial charge is 0.243 e. The third-order valence-electron chi connectivity index (χ3n) is 3.43. The number of likely N-dealkylation sites (N-methyl/N-ethyl adjacent to an activating group) is 1. The number of aliphatic imine (C=N–C) groups is 1. The van der Waals surface area contributed by atoms with Crippen LogP contribution in [0.25, 0.3) is 0 Å². The van der Waals surface area contributed by atoms with Gasteiger partial charge >= 0.3 is 0 Å². The normalized spacial score (nSPS) is 12.4. The molecule has 1 rings (SSSR count). The molecule has 1 aromatic heterocycles. The van der Waals surface area contributed by atoms with E-state index in [1.54, 1.807) is 30.3 Å². The van der Waals surface area contributed by atoms with Crippen molar-refractivity contribution >= 4 is 23.2 Å². The fraction of sp³-hybridized carbons (Fsp3) is 0.647. The Labute approximate surface area is 144 Å². The number of carbonyl (C=O) groups excluding carboxylic acids is 1. The first kappa shape index (κ1) is 19.5. The van der Waals surface area contributed by atoms with Crippen LogP contribution in [-0.2, 0) is 10.2 Å². The van der Waals surface area contributed by atoms with Gasteiger partial charge in [0.2, 0.25) is 5.91 Å². The van der Waals surface area contributed by atoms with E-state index >= 15 is 0 Å². The van der Waals surface area contributed by atoms with Gasteiger partial charge in [0.05, 0.1) is 0 Å². The monoisotopic (exact) mass is 338 g/mol. The van der Waals surface area contributed by atoms with Gasteiger partial charge in [-0.05, 0) is 17.4 Å². The Hall–Kier alpha value is -1.56. The number of rotatable bonds is 7. The quantitative estimate of drug-likeness (QED) is 0.592. The second-order valence-electron chi connectivity index (χ2n) is 6.94. The SMILES string of the molecule is CC(C)CNC(=NCC(=O)N(C)C)NCC(C)(C)c1cccs1. The van der Waals surface area contributed by atoms with Crippen molar-refractivity contribution in [2.24, 2.45) is 10.9 Å². The summed E-state index contributed by atoms with van der Waals surface area (Å²) >= 11 is 1.76. The van der Waals surface area contributed by atoms with Gasteiger partial charge in [0.1, 0.15) is 6.54 Å². The average molecular weight is 339 g/mol. The predicted molar refractivity (Wildman–Crippen MR) is 99.2 cm³/mol. The number of nitrogens with zero attached hydrogens (tertiary/aromatic N) is 2. The number of hydrogen-bond donors (Lipinski definition) is 2. The number of thiophene rings is 1. The van der Waals surface area contributed by atoms with E-state index in [-0.39, 0.29) is 17.9 Å². The van der Waals surface area contributed by atoms with Gasteiger partial charge < -0.3 is 15.5 Å². The predicted octanol–water partition coefficient (Wildman–Crippen LogP) is 2.31. The summed E-state index contributed by atoms with van der Waals surface area (Å²) in [7, 11) is 3.48. The van der Waals surface area contributed by atoms with Gasteiger partial charge in [-0.1, -0.05) is 33.8 Å². The summed E-state index contributed by atoms with van der Waals surface area (Å²) in [5.41, 5.74) is 0.0139. The minimum Gasteiger partial charge on any atom is -0.356 e. The Morgan fingerprint density at radius 3 is 2.57 bits per heavy atom. The fourth-order valence-electron chi connectivity index (χ4n) is 1.82. The topological polar surface area (TPSA) is 56.7 Å². The molecule has 0 aliphatic carbocycles. The molecule has 0 aliphatic heterocycles. The van der Waals surface area contributed by atoms with Crippen LogP contribution in [0.2, 0.25) is 0 Å². The average Bonchev–Trinajstić information content (AvgIpc) is 3.00. The molecule has 0 radical (unpaired) electrons. The lowest BCUT2D eigenvalue weighted by Crippen LogP contribution is -2.44. The number of amides is 1. The van der Waals surface area contributed by atoms with Gasteiger partial charge in [-0.2, -0.15) is 0 Å². The van der Waals surface area contributed by atoms with E-state index in [1.165, 1.54) is 4.88 Å². The number of guanidine groups is 1. The van der Waals surface area contributed by atoms with E-state index < -0.39 is 0 Å². The van der Waals surface area contributed by atoms with Gasteiger partial charge in [0.15, 0.2) is 5.96 Å². The summed E-state index contributed by atoms with van der Waals surface area (Å²) in [5, 5.41) is 8.77. The van der Waals surface area contributed by atoms with Gasteiger partial charge in [-0.15, -0.1) is 11.3 Å². The lowest BCUT2D eigenvalue weighted by Gasteiger charge is -2.25. The van der Waals surface area contributed by atoms with Gasteiger partial charge in [-0.25, -0.2) is 4.99 Å². The van der Waals surface area contributed by atoms with Crippen molar-refractivity contribution in [1.29, 1.82) is 0 Å². The van der Waals surface area contributed by atoms with Crippen LogP contribution in [0.1, 0.15) is 32.6 Å². The highest BCUT2D eigenvalue weighted by Crippen LogP contribution is 2.26. The molecule has 1 amide bonds. The van der Waals surface area contributed by atoms with E-state index in [1.807, 2.05) is 0 Å². The standard InChI is InChI=1S/C17H30N4OS/c1-13(2)10-18-16(19-11-15(22)21(5)6)20-12-17(3,4)14-8-7-9-23-14/h7-9,13H,10-12H2,1-6H3,(H2,18,19,20). The number of hydrogen-bond acceptors (Lipinski definition) is 3. The van der Waals surface area contributed by atoms with E-state index in [4.69, 9.17) is 0 Å². The summed E-state index contributed by atoms with van der Waals surface area (Å²) in [6.07, 6.45) is 0. The van der Waals surface area contributed by atoms with Crippen molar-refractivity contribution in [2.75, 3.05) is 33.7 Å². The molecule has 6 heteroatoms. The second kappa shape index (κ2) is 8.91. The van der Waals surface area contributed by atoms with Crippen molar-refractivity contribution in [2.45, 2.75) is 33.1 Å². The van der Waals surface area contributed by atoms with Gasteiger partial charge in [0, 0.05) is 37.5 Å². The molecule has 1 aromatic rings. The van der Waals surface area contributed by atoms with Crippen LogP contribution >= 0.6 is 11.3 Å². The third-order valence-corrected chi connectivity index (χ3v) is 4.67. The zero-order chi connectivity index (χ0) is 17.5. The molecule has 0 spiro atoms. The van der Waals surface area contributed by atoms with Crippen LogP contribution in [0.5, 0.6) is 0 Å². The zero-order valence-corrected chi connectivity index (χ0v) is 16.0. The molecule has 0 aliphatic rings. The van der Waals surface area contributed by atoms with Crippen LogP contribution in [0.4, 0.5) is 0 Å². The molecule has 0 fully saturated rings. The maximum Gasteiger partial charge on any atom is 0.243 e. The van der Waals surface area contributed by atoms with Crippen molar-refractivity contribution in [3.8, 4) is 0 Å². The molecule has 0 unspecified atom stereocenters. The van der Waals surface area contributed by atoms with Crippen LogP contribution < -0.4 is 10.6 Å². The molecule has 2 N–H and O–H groups in total. The molecule has 130 valence electrons. The lowest BCUT2D eigenvalue weighted by molar-refractivity contribution is -0.127. The Morgan fingerprint density at radius 2 is 2.04 bits per heavy atom. The summed E-state index contributed by atoms with van der Waals surface area (Å²) in [6, 6.07) is 4.23. The van der Waals surface area contributed by atoms with Gasteiger partial charge in [0.25, 0.3) is 0 Å². The summed E-state index contributed by atoms with van der Waals surface area (Å²) < 4.78 is 0. The van der Waals surface area contributed by atoms with Crippen molar-refractivity contribution in [3.05, 3.63) is 22.4 Å². The molecule has 0 atom stereocenters. The van der Waals surface area contributed by atoms with Crippen LogP contribution in [0.15, 0.2) is 22.5 Å². The molecule has 5 nitrogen and oxygen atoms in total. The van der Waals surface area contributed by atoms with Crippen molar-refractivity contribution in [1.82, 2.24) is 15.5 Å². The zero-order valence-electron chi connectivity index (χ0n) is 15.1. The summed E-state index contributed by atoms with van der Waals surface area (Å²) in [5.74, 6) is 1.20. The summed E-state index contributed by atoms with van der Waals surface area (Å²) in [6.45, 7) is 10.4. The van der Waals surface area contributed by atoms with E-state index in [2.05, 4.69) is 60.8 Å². The molecule has 0 saturated carbocycles. The highest BCUT2D eigenvalue weighted by molar-refractivity contribution is 7.10. The largest absolute Gasteiger partial charge is 0.356 e. The first-order valence-electron chi connectivity index (χ1n) is 7.98. The Kier molecular flexibility index (Phi) is 7.55.